The first-order valence-electron chi connectivity index (χ1n) is 14.9. The molecule has 3 heterocycles. The molecule has 2 aliphatic rings. The second-order valence-corrected chi connectivity index (χ2v) is 11.4. The Hall–Kier alpha value is -5.74. The topological polar surface area (TPSA) is 23.4 Å². The molecule has 0 fully saturated rings. The fourth-order valence-electron chi connectivity index (χ4n) is 7.10. The van der Waals surface area contributed by atoms with Gasteiger partial charge < -0.3 is 14.0 Å². The van der Waals surface area contributed by atoms with Crippen molar-refractivity contribution in [3.63, 3.8) is 0 Å². The summed E-state index contributed by atoms with van der Waals surface area (Å²) in [4.78, 5) is 0. The molecule has 0 unspecified atom stereocenters. The zero-order valence-electron chi connectivity index (χ0n) is 24.0. The molecule has 0 radical (unpaired) electrons. The molecular weight excluding hydrogens is 537 g/mol. The zero-order chi connectivity index (χ0) is 29.4. The van der Waals surface area contributed by atoms with E-state index in [1.807, 2.05) is 30.4 Å². The maximum atomic E-state index is 6.70. The number of para-hydroxylation sites is 1. The van der Waals surface area contributed by atoms with E-state index in [0.717, 1.165) is 67.2 Å². The predicted molar refractivity (Wildman–Crippen MR) is 184 cm³/mol. The number of fused-ring (bicyclic) bond motifs is 7. The van der Waals surface area contributed by atoms with Crippen LogP contribution in [0.1, 0.15) is 11.1 Å². The lowest BCUT2D eigenvalue weighted by Crippen LogP contribution is -2.57. The average molecular weight is 563 g/mol. The lowest BCUT2D eigenvalue weighted by atomic mass is 9.34. The summed E-state index contributed by atoms with van der Waals surface area (Å²) in [6.07, 6.45) is 3.73. The highest BCUT2D eigenvalue weighted by Gasteiger charge is 2.41. The molecule has 3 nitrogen and oxygen atoms in total. The minimum absolute atomic E-state index is 0.0527. The Bertz CT molecular complexity index is 2320. The highest BCUT2D eigenvalue weighted by atomic mass is 16.5. The Balaban J connectivity index is 1.37. The van der Waals surface area contributed by atoms with Gasteiger partial charge in [-0.2, -0.15) is 0 Å². The van der Waals surface area contributed by atoms with Gasteiger partial charge in [-0.05, 0) is 64.0 Å². The summed E-state index contributed by atoms with van der Waals surface area (Å²) in [6.45, 7) is 8.09. The van der Waals surface area contributed by atoms with Crippen LogP contribution in [0.2, 0.25) is 0 Å². The molecule has 2 aliphatic heterocycles. The van der Waals surface area contributed by atoms with E-state index in [1.54, 1.807) is 0 Å². The van der Waals surface area contributed by atoms with E-state index in [4.69, 9.17) is 9.47 Å². The first-order chi connectivity index (χ1) is 21.7. The normalized spacial score (nSPS) is 12.6. The molecule has 0 saturated heterocycles. The van der Waals surface area contributed by atoms with Crippen LogP contribution in [-0.2, 0) is 0 Å². The number of nitrogens with zero attached hydrogens (tertiary/aromatic N) is 1. The Morgan fingerprint density at radius 2 is 1.32 bits per heavy atom. The van der Waals surface area contributed by atoms with Crippen LogP contribution in [0.15, 0.2) is 134 Å². The summed E-state index contributed by atoms with van der Waals surface area (Å²) in [6, 6.07) is 42.8. The zero-order valence-corrected chi connectivity index (χ0v) is 24.0. The largest absolute Gasteiger partial charge is 0.458 e. The molecule has 0 bridgehead atoms. The Labute approximate surface area is 256 Å². The van der Waals surface area contributed by atoms with E-state index >= 15 is 0 Å². The van der Waals surface area contributed by atoms with Crippen LogP contribution in [0, 0.1) is 0 Å². The number of aromatic nitrogens is 1. The third kappa shape index (κ3) is 3.45. The lowest BCUT2D eigenvalue weighted by molar-refractivity contribution is 0.464. The SMILES string of the molecule is C=Cc1ccc2c(c1C=C)Oc1cccc3c1B2c1cc2c4cc(-c5ccccc5)ccc4n(-c4ccccc4)c2cc1O3. The maximum Gasteiger partial charge on any atom is 0.260 e. The fraction of sp³-hybridized carbons (Fsp3) is 0. The molecule has 206 valence electrons. The van der Waals surface area contributed by atoms with Crippen molar-refractivity contribution in [3.05, 3.63) is 146 Å². The minimum Gasteiger partial charge on any atom is -0.458 e. The molecule has 9 rings (SSSR count). The van der Waals surface area contributed by atoms with Gasteiger partial charge in [-0.1, -0.05) is 104 Å². The van der Waals surface area contributed by atoms with Crippen molar-refractivity contribution >= 4 is 57.1 Å². The maximum absolute atomic E-state index is 6.70. The van der Waals surface area contributed by atoms with Crippen LogP contribution in [0.5, 0.6) is 23.0 Å². The van der Waals surface area contributed by atoms with Gasteiger partial charge in [0, 0.05) is 33.6 Å². The smallest absolute Gasteiger partial charge is 0.260 e. The second-order valence-electron chi connectivity index (χ2n) is 11.4. The number of hydrogen-bond donors (Lipinski definition) is 0. The summed E-state index contributed by atoms with van der Waals surface area (Å²) in [7, 11) is 0. The van der Waals surface area contributed by atoms with Crippen LogP contribution in [0.4, 0.5) is 0 Å². The molecule has 7 aromatic rings. The number of ether oxygens (including phenoxy) is 2. The third-order valence-electron chi connectivity index (χ3n) is 9.07. The lowest BCUT2D eigenvalue weighted by Gasteiger charge is -2.34. The number of hydrogen-bond acceptors (Lipinski definition) is 2. The molecule has 0 atom stereocenters. The van der Waals surface area contributed by atoms with Crippen molar-refractivity contribution in [3.8, 4) is 39.8 Å². The molecule has 0 amide bonds. The van der Waals surface area contributed by atoms with Crippen LogP contribution in [-0.4, -0.2) is 11.3 Å². The van der Waals surface area contributed by atoms with Crippen molar-refractivity contribution in [2.45, 2.75) is 0 Å². The molecule has 44 heavy (non-hydrogen) atoms. The molecule has 1 aromatic heterocycles. The molecule has 4 heteroatoms. The summed E-state index contributed by atoms with van der Waals surface area (Å²) >= 11 is 0. The third-order valence-corrected chi connectivity index (χ3v) is 9.07. The van der Waals surface area contributed by atoms with E-state index in [9.17, 15) is 0 Å². The van der Waals surface area contributed by atoms with Gasteiger partial charge in [0.1, 0.15) is 23.0 Å². The standard InChI is InChI=1S/C40H26BNO2/c1-3-25-18-20-32-40(29(25)4-2)44-37-17-11-16-36-39(37)41(32)33-23-31-30-22-27(26-12-7-5-8-13-26)19-21-34(30)42(28-14-9-6-10-15-28)35(31)24-38(33)43-36/h3-24H,1-2H2. The van der Waals surface area contributed by atoms with Gasteiger partial charge in [0.2, 0.25) is 0 Å². The Morgan fingerprint density at radius 1 is 0.568 bits per heavy atom. The van der Waals surface area contributed by atoms with Gasteiger partial charge in [0.25, 0.3) is 6.71 Å². The summed E-state index contributed by atoms with van der Waals surface area (Å²) in [5.74, 6) is 3.33. The number of benzene rings is 6. The minimum atomic E-state index is -0.0527. The molecule has 6 aromatic carbocycles. The quantitative estimate of drug-likeness (QED) is 0.201. The van der Waals surface area contributed by atoms with E-state index < -0.39 is 0 Å². The molecular formula is C40H26BNO2. The van der Waals surface area contributed by atoms with Crippen LogP contribution in [0.25, 0.3) is 50.8 Å². The summed E-state index contributed by atoms with van der Waals surface area (Å²) in [5, 5.41) is 2.39. The van der Waals surface area contributed by atoms with Crippen LogP contribution < -0.4 is 25.9 Å². The number of rotatable bonds is 4. The van der Waals surface area contributed by atoms with Gasteiger partial charge in [-0.15, -0.1) is 0 Å². The van der Waals surface area contributed by atoms with Crippen molar-refractivity contribution < 1.29 is 9.47 Å². The van der Waals surface area contributed by atoms with Gasteiger partial charge in [-0.3, -0.25) is 0 Å². The van der Waals surface area contributed by atoms with E-state index in [-0.39, 0.29) is 6.71 Å². The van der Waals surface area contributed by atoms with Gasteiger partial charge >= 0.3 is 0 Å². The average Bonchev–Trinajstić information content (AvgIpc) is 3.39. The first-order valence-corrected chi connectivity index (χ1v) is 14.9. The van der Waals surface area contributed by atoms with Gasteiger partial charge in [-0.25, -0.2) is 0 Å². The molecule has 0 N–H and O–H groups in total. The monoisotopic (exact) mass is 563 g/mol. The molecule has 0 spiro atoms. The van der Waals surface area contributed by atoms with Crippen molar-refractivity contribution in [2.24, 2.45) is 0 Å². The highest BCUT2D eigenvalue weighted by Crippen LogP contribution is 2.41. The second kappa shape index (κ2) is 9.38. The van der Waals surface area contributed by atoms with Crippen molar-refractivity contribution in [2.75, 3.05) is 0 Å². The fourth-order valence-corrected chi connectivity index (χ4v) is 7.10. The van der Waals surface area contributed by atoms with Crippen molar-refractivity contribution in [1.82, 2.24) is 4.57 Å². The van der Waals surface area contributed by atoms with E-state index in [0.29, 0.717) is 0 Å². The summed E-state index contributed by atoms with van der Waals surface area (Å²) < 4.78 is 15.6. The van der Waals surface area contributed by atoms with Crippen LogP contribution in [0.3, 0.4) is 0 Å². The van der Waals surface area contributed by atoms with Gasteiger partial charge in [0.15, 0.2) is 0 Å². The van der Waals surface area contributed by atoms with Gasteiger partial charge in [0.05, 0.1) is 11.0 Å². The van der Waals surface area contributed by atoms with Crippen molar-refractivity contribution in [1.29, 1.82) is 0 Å². The molecule has 0 saturated carbocycles. The van der Waals surface area contributed by atoms with E-state index in [2.05, 4.69) is 121 Å². The predicted octanol–water partition coefficient (Wildman–Crippen LogP) is 8.46. The first kappa shape index (κ1) is 24.8. The van der Waals surface area contributed by atoms with Crippen LogP contribution >= 0.6 is 0 Å². The van der Waals surface area contributed by atoms with E-state index in [1.165, 1.54) is 21.9 Å². The Morgan fingerprint density at radius 3 is 2.09 bits per heavy atom. The highest BCUT2D eigenvalue weighted by molar-refractivity contribution is 6.98. The Kier molecular flexibility index (Phi) is 5.29. The molecule has 0 aliphatic carbocycles. The summed E-state index contributed by atoms with van der Waals surface area (Å²) in [5.41, 5.74) is 11.0.